The number of rotatable bonds is 4. The Morgan fingerprint density at radius 1 is 1.44 bits per heavy atom. The zero-order chi connectivity index (χ0) is 13.0. The number of anilines is 1. The van der Waals surface area contributed by atoms with Crippen LogP contribution in [-0.2, 0) is 11.3 Å². The summed E-state index contributed by atoms with van der Waals surface area (Å²) in [7, 11) is 0. The first-order valence-corrected chi connectivity index (χ1v) is 6.29. The largest absolute Gasteiger partial charge is 0.384 e. The van der Waals surface area contributed by atoms with Crippen LogP contribution in [0, 0.1) is 0 Å². The van der Waals surface area contributed by atoms with E-state index in [2.05, 4.69) is 10.4 Å². The van der Waals surface area contributed by atoms with Crippen LogP contribution in [-0.4, -0.2) is 40.2 Å². The summed E-state index contributed by atoms with van der Waals surface area (Å²) in [6.45, 7) is 4.30. The number of aromatic nitrogens is 2. The van der Waals surface area contributed by atoms with Crippen LogP contribution in [0.4, 0.5) is 5.69 Å². The summed E-state index contributed by atoms with van der Waals surface area (Å²) in [4.78, 5) is 25.4. The molecule has 1 saturated heterocycles. The monoisotopic (exact) mass is 250 g/mol. The lowest BCUT2D eigenvalue weighted by Crippen LogP contribution is -2.35. The van der Waals surface area contributed by atoms with Gasteiger partial charge in [0.05, 0.1) is 11.9 Å². The van der Waals surface area contributed by atoms with Crippen molar-refractivity contribution >= 4 is 11.6 Å². The van der Waals surface area contributed by atoms with Crippen LogP contribution in [0.3, 0.4) is 0 Å². The summed E-state index contributed by atoms with van der Waals surface area (Å²) in [6, 6.07) is 1.47. The molecule has 0 bridgehead atoms. The van der Waals surface area contributed by atoms with Gasteiger partial charge in [-0.25, -0.2) is 4.68 Å². The maximum absolute atomic E-state index is 11.9. The molecule has 1 N–H and O–H groups in total. The first kappa shape index (κ1) is 12.6. The molecule has 0 unspecified atom stereocenters. The maximum Gasteiger partial charge on any atom is 0.269 e. The molecule has 2 rings (SSSR count). The Balaban J connectivity index is 2.04. The predicted molar refractivity (Wildman–Crippen MR) is 68.5 cm³/mol. The highest BCUT2D eigenvalue weighted by Gasteiger charge is 2.18. The van der Waals surface area contributed by atoms with Crippen molar-refractivity contribution < 1.29 is 4.79 Å². The molecule has 1 aliphatic rings. The number of likely N-dealkylation sites (tertiary alicyclic amines) is 1. The molecule has 1 aromatic rings. The highest BCUT2D eigenvalue weighted by molar-refractivity contribution is 5.76. The second kappa shape index (κ2) is 5.66. The summed E-state index contributed by atoms with van der Waals surface area (Å²) in [5.41, 5.74) is 0.438. The van der Waals surface area contributed by atoms with Crippen LogP contribution in [0.1, 0.15) is 19.8 Å². The van der Waals surface area contributed by atoms with Crippen LogP contribution < -0.4 is 10.9 Å². The van der Waals surface area contributed by atoms with Crippen LogP contribution in [0.5, 0.6) is 0 Å². The van der Waals surface area contributed by atoms with E-state index in [1.165, 1.54) is 10.7 Å². The molecule has 0 spiro atoms. The predicted octanol–water partition coefficient (Wildman–Crippen LogP) is 0.297. The Bertz CT molecular complexity index is 477. The summed E-state index contributed by atoms with van der Waals surface area (Å²) in [5.74, 6) is -0.0294. The third-order valence-corrected chi connectivity index (χ3v) is 2.99. The van der Waals surface area contributed by atoms with Gasteiger partial charge in [-0.15, -0.1) is 0 Å². The Kier molecular flexibility index (Phi) is 3.96. The van der Waals surface area contributed by atoms with E-state index in [1.807, 2.05) is 6.92 Å². The van der Waals surface area contributed by atoms with Crippen LogP contribution >= 0.6 is 0 Å². The van der Waals surface area contributed by atoms with Crippen molar-refractivity contribution in [3.8, 4) is 0 Å². The van der Waals surface area contributed by atoms with E-state index in [1.54, 1.807) is 11.1 Å². The average molecular weight is 250 g/mol. The fraction of sp³-hybridized carbons (Fsp3) is 0.583. The Morgan fingerprint density at radius 2 is 2.17 bits per heavy atom. The average Bonchev–Trinajstić information content (AvgIpc) is 2.86. The molecule has 0 radical (unpaired) electrons. The summed E-state index contributed by atoms with van der Waals surface area (Å²) >= 11 is 0. The Hall–Kier alpha value is -1.85. The number of carbonyl (C=O) groups is 1. The Labute approximate surface area is 106 Å². The standard InChI is InChI=1S/C12H18N4O2/c1-2-13-10-7-11(17)16(14-8-10)9-12(18)15-5-3-4-6-15/h7-8,13H,2-6,9H2,1H3. The molecular formula is C12H18N4O2. The summed E-state index contributed by atoms with van der Waals surface area (Å²) < 4.78 is 1.21. The zero-order valence-corrected chi connectivity index (χ0v) is 10.6. The van der Waals surface area contributed by atoms with E-state index in [-0.39, 0.29) is 18.0 Å². The molecule has 1 aromatic heterocycles. The van der Waals surface area contributed by atoms with Gasteiger partial charge in [0.2, 0.25) is 5.91 Å². The van der Waals surface area contributed by atoms with Crippen molar-refractivity contribution in [1.82, 2.24) is 14.7 Å². The van der Waals surface area contributed by atoms with Crippen molar-refractivity contribution in [2.24, 2.45) is 0 Å². The molecule has 0 aliphatic carbocycles. The van der Waals surface area contributed by atoms with E-state index in [0.29, 0.717) is 5.69 Å². The fourth-order valence-corrected chi connectivity index (χ4v) is 2.05. The minimum absolute atomic E-state index is 0.0294. The molecular weight excluding hydrogens is 232 g/mol. The number of hydrogen-bond acceptors (Lipinski definition) is 4. The molecule has 1 aliphatic heterocycles. The smallest absolute Gasteiger partial charge is 0.269 e. The van der Waals surface area contributed by atoms with Gasteiger partial charge in [0.1, 0.15) is 6.54 Å². The van der Waals surface area contributed by atoms with Gasteiger partial charge in [0.25, 0.3) is 5.56 Å². The van der Waals surface area contributed by atoms with Crippen molar-refractivity contribution in [3.05, 3.63) is 22.6 Å². The lowest BCUT2D eigenvalue weighted by molar-refractivity contribution is -0.131. The van der Waals surface area contributed by atoms with Gasteiger partial charge in [-0.3, -0.25) is 9.59 Å². The fourth-order valence-electron chi connectivity index (χ4n) is 2.05. The first-order chi connectivity index (χ1) is 8.70. The highest BCUT2D eigenvalue weighted by atomic mass is 16.2. The molecule has 18 heavy (non-hydrogen) atoms. The Morgan fingerprint density at radius 3 is 2.78 bits per heavy atom. The third-order valence-electron chi connectivity index (χ3n) is 2.99. The van der Waals surface area contributed by atoms with Gasteiger partial charge in [-0.05, 0) is 19.8 Å². The first-order valence-electron chi connectivity index (χ1n) is 6.29. The second-order valence-corrected chi connectivity index (χ2v) is 4.36. The van der Waals surface area contributed by atoms with Gasteiger partial charge in [0, 0.05) is 25.7 Å². The second-order valence-electron chi connectivity index (χ2n) is 4.36. The lowest BCUT2D eigenvalue weighted by Gasteiger charge is -2.15. The summed E-state index contributed by atoms with van der Waals surface area (Å²) in [5, 5.41) is 7.02. The van der Waals surface area contributed by atoms with Crippen LogP contribution in [0.15, 0.2) is 17.1 Å². The minimum Gasteiger partial charge on any atom is -0.384 e. The van der Waals surface area contributed by atoms with Crippen molar-refractivity contribution in [2.45, 2.75) is 26.3 Å². The number of nitrogens with zero attached hydrogens (tertiary/aromatic N) is 3. The number of nitrogens with one attached hydrogen (secondary N) is 1. The topological polar surface area (TPSA) is 67.2 Å². The van der Waals surface area contributed by atoms with Gasteiger partial charge in [-0.2, -0.15) is 5.10 Å². The van der Waals surface area contributed by atoms with Crippen LogP contribution in [0.25, 0.3) is 0 Å². The normalized spacial score (nSPS) is 14.8. The van der Waals surface area contributed by atoms with Gasteiger partial charge in [0.15, 0.2) is 0 Å². The molecule has 2 heterocycles. The molecule has 1 fully saturated rings. The highest BCUT2D eigenvalue weighted by Crippen LogP contribution is 2.07. The third kappa shape index (κ3) is 2.88. The molecule has 6 nitrogen and oxygen atoms in total. The molecule has 98 valence electrons. The molecule has 0 saturated carbocycles. The minimum atomic E-state index is -0.249. The van der Waals surface area contributed by atoms with Crippen LogP contribution in [0.2, 0.25) is 0 Å². The quantitative estimate of drug-likeness (QED) is 0.834. The van der Waals surface area contributed by atoms with E-state index in [0.717, 1.165) is 32.5 Å². The SMILES string of the molecule is CCNc1cnn(CC(=O)N2CCCC2)c(=O)c1. The number of hydrogen-bond donors (Lipinski definition) is 1. The van der Waals surface area contributed by atoms with Gasteiger partial charge in [-0.1, -0.05) is 0 Å². The van der Waals surface area contributed by atoms with Gasteiger partial charge < -0.3 is 10.2 Å². The molecule has 0 atom stereocenters. The maximum atomic E-state index is 11.9. The van der Waals surface area contributed by atoms with E-state index >= 15 is 0 Å². The molecule has 6 heteroatoms. The summed E-state index contributed by atoms with van der Waals surface area (Å²) in [6.07, 6.45) is 3.67. The number of carbonyl (C=O) groups excluding carboxylic acids is 1. The van der Waals surface area contributed by atoms with E-state index < -0.39 is 0 Å². The van der Waals surface area contributed by atoms with E-state index in [9.17, 15) is 9.59 Å². The van der Waals surface area contributed by atoms with Crippen molar-refractivity contribution in [3.63, 3.8) is 0 Å². The number of amides is 1. The molecule has 0 aromatic carbocycles. The molecule has 1 amide bonds. The van der Waals surface area contributed by atoms with E-state index in [4.69, 9.17) is 0 Å². The van der Waals surface area contributed by atoms with Crippen molar-refractivity contribution in [1.29, 1.82) is 0 Å². The van der Waals surface area contributed by atoms with Crippen molar-refractivity contribution in [2.75, 3.05) is 25.0 Å². The zero-order valence-electron chi connectivity index (χ0n) is 10.6. The lowest BCUT2D eigenvalue weighted by atomic mass is 10.4. The van der Waals surface area contributed by atoms with Gasteiger partial charge >= 0.3 is 0 Å².